The number of pyridine rings is 1. The third-order valence-corrected chi connectivity index (χ3v) is 8.73. The average molecular weight is 507 g/mol. The van der Waals surface area contributed by atoms with Gasteiger partial charge in [-0.05, 0) is 55.1 Å². The summed E-state index contributed by atoms with van der Waals surface area (Å²) >= 11 is 7.85. The lowest BCUT2D eigenvalue weighted by atomic mass is 9.95. The van der Waals surface area contributed by atoms with Crippen LogP contribution in [0.1, 0.15) is 17.2 Å². The number of nitroso groups, excluding NO2 is 1. The van der Waals surface area contributed by atoms with Crippen LogP contribution in [0.5, 0.6) is 0 Å². The molecule has 3 aromatic rings. The minimum absolute atomic E-state index is 0.120. The van der Waals surface area contributed by atoms with Gasteiger partial charge in [0, 0.05) is 59.5 Å². The zero-order chi connectivity index (χ0) is 23.9. The molecule has 0 spiro atoms. The van der Waals surface area contributed by atoms with Crippen LogP contribution in [-0.4, -0.2) is 71.7 Å². The van der Waals surface area contributed by atoms with Gasteiger partial charge in [-0.1, -0.05) is 23.7 Å². The summed E-state index contributed by atoms with van der Waals surface area (Å²) in [5.74, 6) is 1.02. The van der Waals surface area contributed by atoms with Crippen molar-refractivity contribution in [2.75, 3.05) is 57.1 Å². The van der Waals surface area contributed by atoms with Crippen molar-refractivity contribution >= 4 is 40.0 Å². The minimum Gasteiger partial charge on any atom is -0.308 e. The van der Waals surface area contributed by atoms with E-state index < -0.39 is 0 Å². The summed E-state index contributed by atoms with van der Waals surface area (Å²) in [6, 6.07) is 18.6. The number of likely N-dealkylation sites (N-methyl/N-ethyl adjacent to an activating group) is 1. The van der Waals surface area contributed by atoms with E-state index in [1.165, 1.54) is 15.2 Å². The molecular weight excluding hydrogens is 478 g/mol. The lowest BCUT2D eigenvalue weighted by Crippen LogP contribution is -2.43. The second kappa shape index (κ2) is 9.54. The van der Waals surface area contributed by atoms with E-state index in [1.54, 1.807) is 0 Å². The Bertz CT molecular complexity index is 1300. The van der Waals surface area contributed by atoms with Crippen LogP contribution in [0.3, 0.4) is 0 Å². The molecule has 8 heteroatoms. The third kappa shape index (κ3) is 4.70. The van der Waals surface area contributed by atoms with E-state index in [-0.39, 0.29) is 5.92 Å². The first-order valence-corrected chi connectivity index (χ1v) is 13.5. The van der Waals surface area contributed by atoms with Gasteiger partial charge in [-0.25, -0.2) is 0 Å². The lowest BCUT2D eigenvalue weighted by Gasteiger charge is -2.32. The van der Waals surface area contributed by atoms with Gasteiger partial charge in [0.15, 0.2) is 0 Å². The molecule has 1 atom stereocenters. The van der Waals surface area contributed by atoms with Gasteiger partial charge in [0.25, 0.3) is 12.4 Å². The van der Waals surface area contributed by atoms with Crippen molar-refractivity contribution in [3.8, 4) is 0 Å². The number of nitrogens with zero attached hydrogens (tertiary/aromatic N) is 5. The van der Waals surface area contributed by atoms with Crippen molar-refractivity contribution in [3.63, 3.8) is 0 Å². The van der Waals surface area contributed by atoms with Gasteiger partial charge in [-0.15, -0.1) is 11.8 Å². The maximum atomic E-state index is 13.2. The molecule has 180 valence electrons. The molecule has 0 amide bonds. The van der Waals surface area contributed by atoms with Crippen LogP contribution in [-0.2, 0) is 6.54 Å². The van der Waals surface area contributed by atoms with Crippen LogP contribution in [0, 0.1) is 4.91 Å². The van der Waals surface area contributed by atoms with Gasteiger partial charge in [-0.2, -0.15) is 0 Å². The number of hydrogen-bond donors (Lipinski definition) is 0. The summed E-state index contributed by atoms with van der Waals surface area (Å²) in [4.78, 5) is 26.3. The van der Waals surface area contributed by atoms with Crippen LogP contribution >= 0.6 is 23.4 Å². The first-order valence-electron chi connectivity index (χ1n) is 12.1. The van der Waals surface area contributed by atoms with Crippen molar-refractivity contribution in [2.24, 2.45) is 0 Å². The minimum atomic E-state index is 0.120. The van der Waals surface area contributed by atoms with Gasteiger partial charge in [0.05, 0.1) is 33.3 Å². The number of piperazine rings is 1. The number of fused-ring (bicyclic) bond motifs is 1. The number of aromatic nitrogens is 1. The van der Waals surface area contributed by atoms with E-state index in [1.807, 2.05) is 36.0 Å². The van der Waals surface area contributed by atoms with E-state index in [0.717, 1.165) is 73.0 Å². The number of anilines is 1. The van der Waals surface area contributed by atoms with Crippen LogP contribution < -0.4 is 4.90 Å². The lowest BCUT2D eigenvalue weighted by molar-refractivity contribution is -0.505. The Labute approximate surface area is 215 Å². The quantitative estimate of drug-likeness (QED) is 0.467. The standard InChI is InChI=1S/C27H29ClN5OS/c1-30-10-12-31(13-11-30)15-22-6-2-20-14-19(3-9-25(20)29-22)24-17-35-26-16-32(18-33(34)27(24)26)23-7-4-21(28)5-8-23/h2-9,14,24H,10-13,15-18H2,1H3/q+1. The van der Waals surface area contributed by atoms with Gasteiger partial charge >= 0.3 is 0 Å². The summed E-state index contributed by atoms with van der Waals surface area (Å²) in [5.41, 5.74) is 5.30. The Morgan fingerprint density at radius 3 is 2.66 bits per heavy atom. The second-order valence-electron chi connectivity index (χ2n) is 9.70. The van der Waals surface area contributed by atoms with Crippen molar-refractivity contribution in [1.29, 1.82) is 0 Å². The fourth-order valence-corrected chi connectivity index (χ4v) is 6.71. The predicted octanol–water partition coefficient (Wildman–Crippen LogP) is 4.93. The molecule has 3 aliphatic rings. The highest BCUT2D eigenvalue weighted by Crippen LogP contribution is 2.45. The summed E-state index contributed by atoms with van der Waals surface area (Å²) in [5, 5.41) is 1.84. The Morgan fingerprint density at radius 2 is 1.86 bits per heavy atom. The third-order valence-electron chi connectivity index (χ3n) is 7.29. The van der Waals surface area contributed by atoms with E-state index >= 15 is 0 Å². The highest BCUT2D eigenvalue weighted by atomic mass is 35.5. The monoisotopic (exact) mass is 506 g/mol. The molecule has 0 N–H and O–H groups in total. The molecule has 6 rings (SSSR count). The predicted molar refractivity (Wildman–Crippen MR) is 144 cm³/mol. The van der Waals surface area contributed by atoms with Crippen LogP contribution in [0.25, 0.3) is 10.9 Å². The largest absolute Gasteiger partial charge is 0.308 e. The SMILES string of the molecule is CN1CCN(Cc2ccc3cc(C4CSC5=C4[N+](=O)CN(c4ccc(Cl)cc4)C5)ccc3n2)CC1. The van der Waals surface area contributed by atoms with Gasteiger partial charge in [0.2, 0.25) is 0 Å². The van der Waals surface area contributed by atoms with Gasteiger partial charge in [0.1, 0.15) is 0 Å². The van der Waals surface area contributed by atoms with Crippen molar-refractivity contribution in [2.45, 2.75) is 12.5 Å². The Morgan fingerprint density at radius 1 is 1.06 bits per heavy atom. The first-order chi connectivity index (χ1) is 17.0. The zero-order valence-electron chi connectivity index (χ0n) is 19.9. The smallest absolute Gasteiger partial charge is 0.273 e. The Balaban J connectivity index is 1.20. The van der Waals surface area contributed by atoms with Crippen molar-refractivity contribution in [3.05, 3.63) is 86.4 Å². The first kappa shape index (κ1) is 23.0. The van der Waals surface area contributed by atoms with E-state index in [9.17, 15) is 4.91 Å². The van der Waals surface area contributed by atoms with Crippen molar-refractivity contribution < 1.29 is 4.76 Å². The van der Waals surface area contributed by atoms with E-state index in [4.69, 9.17) is 16.6 Å². The van der Waals surface area contributed by atoms with Crippen LogP contribution in [0.2, 0.25) is 5.02 Å². The van der Waals surface area contributed by atoms with Gasteiger partial charge in [-0.3, -0.25) is 9.88 Å². The highest BCUT2D eigenvalue weighted by Gasteiger charge is 2.43. The number of rotatable bonds is 4. The molecule has 1 aromatic heterocycles. The molecule has 0 saturated carbocycles. The fraction of sp³-hybridized carbons (Fsp3) is 0.370. The maximum Gasteiger partial charge on any atom is 0.273 e. The topological polar surface area (TPSA) is 42.7 Å². The molecule has 6 nitrogen and oxygen atoms in total. The fourth-order valence-electron chi connectivity index (χ4n) is 5.23. The molecule has 1 unspecified atom stereocenters. The molecular formula is C27H29ClN5OS+. The van der Waals surface area contributed by atoms with Crippen molar-refractivity contribution in [1.82, 2.24) is 14.8 Å². The van der Waals surface area contributed by atoms with Gasteiger partial charge < -0.3 is 9.80 Å². The Kier molecular flexibility index (Phi) is 6.26. The summed E-state index contributed by atoms with van der Waals surface area (Å²) < 4.78 is 1.18. The summed E-state index contributed by atoms with van der Waals surface area (Å²) in [6.07, 6.45) is 0. The second-order valence-corrected chi connectivity index (χ2v) is 11.3. The number of hydrogen-bond acceptors (Lipinski definition) is 6. The summed E-state index contributed by atoms with van der Waals surface area (Å²) in [7, 11) is 2.18. The number of allylic oxidation sites excluding steroid dienone is 1. The molecule has 1 saturated heterocycles. The zero-order valence-corrected chi connectivity index (χ0v) is 21.4. The highest BCUT2D eigenvalue weighted by molar-refractivity contribution is 8.03. The molecule has 1 fully saturated rings. The number of thioether (sulfide) groups is 1. The average Bonchev–Trinajstić information content (AvgIpc) is 3.30. The molecule has 0 aliphatic carbocycles. The normalized spacial score (nSPS) is 21.7. The molecule has 4 heterocycles. The number of halogens is 1. The van der Waals surface area contributed by atoms with E-state index in [2.05, 4.69) is 52.1 Å². The summed E-state index contributed by atoms with van der Waals surface area (Å²) in [6.45, 7) is 6.41. The van der Waals surface area contributed by atoms with Crippen LogP contribution in [0.15, 0.2) is 65.2 Å². The molecule has 3 aliphatic heterocycles. The molecule has 35 heavy (non-hydrogen) atoms. The Hall–Kier alpha value is -2.45. The van der Waals surface area contributed by atoms with Crippen LogP contribution in [0.4, 0.5) is 5.69 Å². The molecule has 2 aromatic carbocycles. The maximum absolute atomic E-state index is 13.2. The molecule has 0 bridgehead atoms. The number of benzene rings is 2. The van der Waals surface area contributed by atoms with E-state index in [0.29, 0.717) is 11.7 Å². The molecule has 0 radical (unpaired) electrons.